The summed E-state index contributed by atoms with van der Waals surface area (Å²) in [5, 5.41) is 8.21. The summed E-state index contributed by atoms with van der Waals surface area (Å²) in [4.78, 5) is 12.4. The van der Waals surface area contributed by atoms with E-state index in [1.807, 2.05) is 6.92 Å². The van der Waals surface area contributed by atoms with Crippen molar-refractivity contribution in [3.05, 3.63) is 45.1 Å². The van der Waals surface area contributed by atoms with E-state index in [2.05, 4.69) is 26.2 Å². The number of aryl methyl sites for hydroxylation is 1. The second kappa shape index (κ2) is 5.63. The summed E-state index contributed by atoms with van der Waals surface area (Å²) in [6.07, 6.45) is 2.37. The van der Waals surface area contributed by atoms with Gasteiger partial charge in [-0.15, -0.1) is 5.10 Å². The molecule has 0 unspecified atom stereocenters. The fourth-order valence-electron chi connectivity index (χ4n) is 1.62. The molecule has 0 N–H and O–H groups in total. The molecule has 0 spiro atoms. The molecular formula is C12H11BrClN3O. The number of benzene rings is 1. The van der Waals surface area contributed by atoms with E-state index >= 15 is 0 Å². The Morgan fingerprint density at radius 1 is 1.50 bits per heavy atom. The Bertz CT molecular complexity index is 582. The van der Waals surface area contributed by atoms with Crippen LogP contribution in [0.25, 0.3) is 0 Å². The van der Waals surface area contributed by atoms with Crippen LogP contribution < -0.4 is 0 Å². The van der Waals surface area contributed by atoms with E-state index in [1.54, 1.807) is 22.9 Å². The fraction of sp³-hybridized carbons (Fsp3) is 0.250. The second-order valence-electron chi connectivity index (χ2n) is 3.80. The van der Waals surface area contributed by atoms with Crippen LogP contribution in [0.4, 0.5) is 0 Å². The third kappa shape index (κ3) is 2.62. The van der Waals surface area contributed by atoms with E-state index in [9.17, 15) is 4.79 Å². The maximum absolute atomic E-state index is 12.4. The molecule has 0 aliphatic carbocycles. The Kier molecular flexibility index (Phi) is 4.14. The van der Waals surface area contributed by atoms with Gasteiger partial charge in [0.25, 0.3) is 0 Å². The van der Waals surface area contributed by atoms with Gasteiger partial charge in [-0.1, -0.05) is 39.7 Å². The highest BCUT2D eigenvalue weighted by molar-refractivity contribution is 9.10. The van der Waals surface area contributed by atoms with Gasteiger partial charge in [-0.3, -0.25) is 4.79 Å². The zero-order valence-electron chi connectivity index (χ0n) is 9.73. The minimum absolute atomic E-state index is 0.136. The first-order valence-electron chi connectivity index (χ1n) is 5.51. The number of rotatable bonds is 4. The summed E-state index contributed by atoms with van der Waals surface area (Å²) in [6, 6.07) is 5.12. The van der Waals surface area contributed by atoms with E-state index in [4.69, 9.17) is 11.6 Å². The molecule has 1 aromatic heterocycles. The van der Waals surface area contributed by atoms with E-state index in [0.29, 0.717) is 27.3 Å². The smallest absolute Gasteiger partial charge is 0.213 e. The van der Waals surface area contributed by atoms with Gasteiger partial charge in [0.2, 0.25) is 5.78 Å². The number of carbonyl (C=O) groups is 1. The van der Waals surface area contributed by atoms with Gasteiger partial charge in [0, 0.05) is 21.6 Å². The van der Waals surface area contributed by atoms with E-state index < -0.39 is 0 Å². The molecule has 0 saturated carbocycles. The zero-order valence-corrected chi connectivity index (χ0v) is 12.1. The summed E-state index contributed by atoms with van der Waals surface area (Å²) in [7, 11) is 0. The third-order valence-electron chi connectivity index (χ3n) is 2.46. The number of hydrogen-bond acceptors (Lipinski definition) is 3. The second-order valence-corrected chi connectivity index (χ2v) is 5.09. The Hall–Kier alpha value is -1.20. The van der Waals surface area contributed by atoms with Gasteiger partial charge in [-0.2, -0.15) is 0 Å². The molecule has 4 nitrogen and oxygen atoms in total. The van der Waals surface area contributed by atoms with Crippen LogP contribution in [0.1, 0.15) is 29.4 Å². The molecule has 0 aliphatic heterocycles. The van der Waals surface area contributed by atoms with Crippen LogP contribution in [0.3, 0.4) is 0 Å². The normalized spacial score (nSPS) is 10.6. The molecule has 0 saturated heterocycles. The quantitative estimate of drug-likeness (QED) is 0.809. The molecule has 0 fully saturated rings. The maximum Gasteiger partial charge on any atom is 0.213 e. The van der Waals surface area contributed by atoms with Crippen LogP contribution in [0.5, 0.6) is 0 Å². The van der Waals surface area contributed by atoms with Crippen LogP contribution in [0, 0.1) is 0 Å². The lowest BCUT2D eigenvalue weighted by Crippen LogP contribution is -2.12. The average Bonchev–Trinajstić information content (AvgIpc) is 2.80. The van der Waals surface area contributed by atoms with Crippen LogP contribution >= 0.6 is 27.5 Å². The molecule has 1 heterocycles. The molecule has 94 valence electrons. The first-order chi connectivity index (χ1) is 8.63. The molecule has 0 atom stereocenters. The van der Waals surface area contributed by atoms with Gasteiger partial charge >= 0.3 is 0 Å². The minimum Gasteiger partial charge on any atom is -0.287 e. The van der Waals surface area contributed by atoms with Crippen LogP contribution in [0.15, 0.2) is 28.9 Å². The molecule has 2 rings (SSSR count). The molecule has 2 aromatic rings. The summed E-state index contributed by atoms with van der Waals surface area (Å²) in [5.74, 6) is -0.136. The van der Waals surface area contributed by atoms with Gasteiger partial charge in [0.05, 0.1) is 6.20 Å². The minimum atomic E-state index is -0.136. The summed E-state index contributed by atoms with van der Waals surface area (Å²) in [6.45, 7) is 2.69. The van der Waals surface area contributed by atoms with Crippen molar-refractivity contribution in [1.82, 2.24) is 15.0 Å². The number of aromatic nitrogens is 3. The average molecular weight is 329 g/mol. The lowest BCUT2D eigenvalue weighted by atomic mass is 10.1. The predicted octanol–water partition coefficient (Wildman–Crippen LogP) is 3.34. The Morgan fingerprint density at radius 3 is 3.00 bits per heavy atom. The van der Waals surface area contributed by atoms with Crippen LogP contribution in [-0.2, 0) is 6.54 Å². The van der Waals surface area contributed by atoms with Crippen molar-refractivity contribution in [2.45, 2.75) is 19.9 Å². The maximum atomic E-state index is 12.4. The standard InChI is InChI=1S/C12H11BrClN3O/c1-2-5-17-11(7-15-16-17)12(18)9-6-8(14)3-4-10(9)13/h3-4,6-7H,2,5H2,1H3. The number of hydrogen-bond donors (Lipinski definition) is 0. The van der Waals surface area contributed by atoms with Crippen molar-refractivity contribution >= 4 is 33.3 Å². The van der Waals surface area contributed by atoms with Crippen molar-refractivity contribution in [1.29, 1.82) is 0 Å². The highest BCUT2D eigenvalue weighted by Crippen LogP contribution is 2.23. The largest absolute Gasteiger partial charge is 0.287 e. The summed E-state index contributed by atoms with van der Waals surface area (Å²) >= 11 is 9.26. The molecular weight excluding hydrogens is 318 g/mol. The van der Waals surface area contributed by atoms with Crippen LogP contribution in [-0.4, -0.2) is 20.8 Å². The Balaban J connectivity index is 2.41. The predicted molar refractivity (Wildman–Crippen MR) is 72.9 cm³/mol. The van der Waals surface area contributed by atoms with Crippen molar-refractivity contribution in [3.63, 3.8) is 0 Å². The van der Waals surface area contributed by atoms with Gasteiger partial charge in [-0.05, 0) is 24.6 Å². The topological polar surface area (TPSA) is 47.8 Å². The van der Waals surface area contributed by atoms with E-state index in [0.717, 1.165) is 6.42 Å². The van der Waals surface area contributed by atoms with Gasteiger partial charge in [0.15, 0.2) is 0 Å². The monoisotopic (exact) mass is 327 g/mol. The highest BCUT2D eigenvalue weighted by Gasteiger charge is 2.17. The SMILES string of the molecule is CCCn1nncc1C(=O)c1cc(Cl)ccc1Br. The third-order valence-corrected chi connectivity index (χ3v) is 3.39. The summed E-state index contributed by atoms with van der Waals surface area (Å²) in [5.41, 5.74) is 0.988. The number of halogens is 2. The molecule has 1 aromatic carbocycles. The molecule has 0 amide bonds. The van der Waals surface area contributed by atoms with Crippen molar-refractivity contribution < 1.29 is 4.79 Å². The number of ketones is 1. The lowest BCUT2D eigenvalue weighted by molar-refractivity contribution is 0.102. The van der Waals surface area contributed by atoms with Crippen molar-refractivity contribution in [2.75, 3.05) is 0 Å². The Labute approximate surface area is 118 Å². The molecule has 18 heavy (non-hydrogen) atoms. The van der Waals surface area contributed by atoms with Gasteiger partial charge in [0.1, 0.15) is 5.69 Å². The molecule has 0 aliphatic rings. The Morgan fingerprint density at radius 2 is 2.28 bits per heavy atom. The van der Waals surface area contributed by atoms with E-state index in [-0.39, 0.29) is 5.78 Å². The van der Waals surface area contributed by atoms with E-state index in [1.165, 1.54) is 6.20 Å². The van der Waals surface area contributed by atoms with Gasteiger partial charge < -0.3 is 0 Å². The van der Waals surface area contributed by atoms with Crippen molar-refractivity contribution in [2.24, 2.45) is 0 Å². The van der Waals surface area contributed by atoms with Crippen LogP contribution in [0.2, 0.25) is 5.02 Å². The fourth-order valence-corrected chi connectivity index (χ4v) is 2.22. The molecule has 6 heteroatoms. The summed E-state index contributed by atoms with van der Waals surface area (Å²) < 4.78 is 2.32. The zero-order chi connectivity index (χ0) is 13.1. The molecule has 0 radical (unpaired) electrons. The first-order valence-corrected chi connectivity index (χ1v) is 6.68. The highest BCUT2D eigenvalue weighted by atomic mass is 79.9. The number of nitrogens with zero attached hydrogens (tertiary/aromatic N) is 3. The van der Waals surface area contributed by atoms with Crippen molar-refractivity contribution in [3.8, 4) is 0 Å². The first kappa shape index (κ1) is 13.2. The molecule has 0 bridgehead atoms. The van der Waals surface area contributed by atoms with Gasteiger partial charge in [-0.25, -0.2) is 4.68 Å². The number of carbonyl (C=O) groups excluding carboxylic acids is 1. The lowest BCUT2D eigenvalue weighted by Gasteiger charge is -2.06.